The maximum atomic E-state index is 13.5. The Kier molecular flexibility index (Phi) is 5.08. The number of carbonyl (C=O) groups is 1. The predicted molar refractivity (Wildman–Crippen MR) is 73.9 cm³/mol. The van der Waals surface area contributed by atoms with Gasteiger partial charge in [0.05, 0.1) is 0 Å². The van der Waals surface area contributed by atoms with Gasteiger partial charge in [0.2, 0.25) is 0 Å². The third kappa shape index (κ3) is 4.61. The molecule has 1 aromatic carbocycles. The van der Waals surface area contributed by atoms with Crippen LogP contribution in [0, 0.1) is 5.82 Å². The number of hydrogen-bond donors (Lipinski definition) is 0. The first-order chi connectivity index (χ1) is 8.33. The van der Waals surface area contributed by atoms with Crippen LogP contribution in [0.2, 0.25) is 0 Å². The van der Waals surface area contributed by atoms with Gasteiger partial charge in [-0.15, -0.1) is 0 Å². The molecule has 0 saturated carbocycles. The largest absolute Gasteiger partial charge is 0.457 e. The summed E-state index contributed by atoms with van der Waals surface area (Å²) < 4.78 is 18.6. The van der Waals surface area contributed by atoms with E-state index in [2.05, 4.69) is 15.9 Å². The van der Waals surface area contributed by atoms with Crippen molar-refractivity contribution in [2.24, 2.45) is 0 Å². The van der Waals surface area contributed by atoms with Gasteiger partial charge in [-0.1, -0.05) is 28.1 Å². The molecule has 4 heteroatoms. The highest BCUT2D eigenvalue weighted by molar-refractivity contribution is 9.08. The predicted octanol–water partition coefficient (Wildman–Crippen LogP) is 4.08. The monoisotopic (exact) mass is 314 g/mol. The molecule has 0 amide bonds. The van der Waals surface area contributed by atoms with E-state index in [0.29, 0.717) is 16.5 Å². The Morgan fingerprint density at radius 1 is 1.44 bits per heavy atom. The second kappa shape index (κ2) is 6.14. The minimum absolute atomic E-state index is 0.293. The number of carbonyl (C=O) groups excluding carboxylic acids is 1. The molecule has 0 aliphatic carbocycles. The van der Waals surface area contributed by atoms with Gasteiger partial charge in [-0.05, 0) is 38.5 Å². The van der Waals surface area contributed by atoms with E-state index < -0.39 is 11.6 Å². The Bertz CT molecular complexity index is 461. The van der Waals surface area contributed by atoms with E-state index in [4.69, 9.17) is 4.74 Å². The quantitative estimate of drug-likeness (QED) is 0.477. The van der Waals surface area contributed by atoms with Crippen LogP contribution < -0.4 is 0 Å². The minimum atomic E-state index is -0.526. The molecule has 2 nitrogen and oxygen atoms in total. The molecule has 0 saturated heterocycles. The Hall–Kier alpha value is -1.16. The van der Waals surface area contributed by atoms with Crippen molar-refractivity contribution < 1.29 is 13.9 Å². The average molecular weight is 315 g/mol. The van der Waals surface area contributed by atoms with E-state index in [9.17, 15) is 9.18 Å². The van der Waals surface area contributed by atoms with Gasteiger partial charge in [0.15, 0.2) is 0 Å². The fourth-order valence-electron chi connectivity index (χ4n) is 1.37. The maximum Gasteiger partial charge on any atom is 0.331 e. The summed E-state index contributed by atoms with van der Waals surface area (Å²) in [5.41, 5.74) is 0.664. The van der Waals surface area contributed by atoms with Gasteiger partial charge in [-0.3, -0.25) is 0 Å². The number of ether oxygens (including phenoxy) is 1. The van der Waals surface area contributed by atoms with Crippen LogP contribution in [0.5, 0.6) is 0 Å². The normalized spacial score (nSPS) is 11.8. The zero-order valence-electron chi connectivity index (χ0n) is 10.7. The third-order valence-electron chi connectivity index (χ3n) is 2.09. The van der Waals surface area contributed by atoms with E-state index in [1.807, 2.05) is 0 Å². The Morgan fingerprint density at radius 3 is 2.67 bits per heavy atom. The van der Waals surface area contributed by atoms with E-state index in [1.165, 1.54) is 12.1 Å². The first-order valence-corrected chi connectivity index (χ1v) is 6.70. The number of alkyl halides is 1. The van der Waals surface area contributed by atoms with E-state index in [1.54, 1.807) is 39.0 Å². The number of hydrogen-bond acceptors (Lipinski definition) is 2. The molecule has 1 aromatic rings. The molecular weight excluding hydrogens is 299 g/mol. The lowest BCUT2D eigenvalue weighted by atomic mass is 10.1. The van der Waals surface area contributed by atoms with Crippen molar-refractivity contribution in [2.45, 2.75) is 31.7 Å². The van der Waals surface area contributed by atoms with Crippen LogP contribution in [0.15, 0.2) is 24.3 Å². The van der Waals surface area contributed by atoms with E-state index in [0.717, 1.165) is 0 Å². The Labute approximate surface area is 115 Å². The molecule has 0 unspecified atom stereocenters. The van der Waals surface area contributed by atoms with Crippen molar-refractivity contribution >= 4 is 28.0 Å². The van der Waals surface area contributed by atoms with E-state index >= 15 is 0 Å². The smallest absolute Gasteiger partial charge is 0.331 e. The number of rotatable bonds is 3. The first-order valence-electron chi connectivity index (χ1n) is 5.58. The summed E-state index contributed by atoms with van der Waals surface area (Å²) in [6.45, 7) is 5.39. The van der Waals surface area contributed by atoms with Crippen LogP contribution in [0.4, 0.5) is 4.39 Å². The van der Waals surface area contributed by atoms with Crippen LogP contribution in [-0.4, -0.2) is 11.6 Å². The van der Waals surface area contributed by atoms with E-state index in [-0.39, 0.29) is 5.82 Å². The van der Waals surface area contributed by atoms with Crippen LogP contribution in [0.1, 0.15) is 31.9 Å². The highest BCUT2D eigenvalue weighted by atomic mass is 79.9. The SMILES string of the molecule is CC(C)(C)OC(=O)C=Cc1cccc(F)c1CBr. The van der Waals surface area contributed by atoms with Crippen molar-refractivity contribution in [1.29, 1.82) is 0 Å². The van der Waals surface area contributed by atoms with Gasteiger partial charge in [0.1, 0.15) is 11.4 Å². The van der Waals surface area contributed by atoms with Crippen LogP contribution in [0.3, 0.4) is 0 Å². The van der Waals surface area contributed by atoms with Gasteiger partial charge in [0, 0.05) is 17.0 Å². The van der Waals surface area contributed by atoms with Crippen molar-refractivity contribution in [1.82, 2.24) is 0 Å². The maximum absolute atomic E-state index is 13.5. The van der Waals surface area contributed by atoms with Gasteiger partial charge in [-0.25, -0.2) is 9.18 Å². The highest BCUT2D eigenvalue weighted by Crippen LogP contribution is 2.18. The fraction of sp³-hybridized carbons (Fsp3) is 0.357. The topological polar surface area (TPSA) is 26.3 Å². The lowest BCUT2D eigenvalue weighted by Crippen LogP contribution is -2.22. The van der Waals surface area contributed by atoms with Crippen molar-refractivity contribution in [2.75, 3.05) is 0 Å². The Morgan fingerprint density at radius 2 is 2.11 bits per heavy atom. The molecule has 18 heavy (non-hydrogen) atoms. The molecule has 0 fully saturated rings. The van der Waals surface area contributed by atoms with Gasteiger partial charge < -0.3 is 4.74 Å². The molecule has 0 spiro atoms. The van der Waals surface area contributed by atoms with Crippen LogP contribution >= 0.6 is 15.9 Å². The Balaban J connectivity index is 2.85. The van der Waals surface area contributed by atoms with Crippen LogP contribution in [-0.2, 0) is 14.9 Å². The molecule has 0 N–H and O–H groups in total. The third-order valence-corrected chi connectivity index (χ3v) is 2.66. The molecule has 98 valence electrons. The lowest BCUT2D eigenvalue weighted by molar-refractivity contribution is -0.148. The number of benzene rings is 1. The molecule has 0 radical (unpaired) electrons. The summed E-state index contributed by atoms with van der Waals surface area (Å²) in [6.07, 6.45) is 2.87. The second-order valence-corrected chi connectivity index (χ2v) is 5.37. The van der Waals surface area contributed by atoms with Crippen molar-refractivity contribution in [3.8, 4) is 0 Å². The molecule has 0 aliphatic rings. The molecular formula is C14H16BrFO2. The second-order valence-electron chi connectivity index (χ2n) is 4.81. The average Bonchev–Trinajstić information content (AvgIpc) is 2.24. The molecule has 0 bridgehead atoms. The zero-order valence-corrected chi connectivity index (χ0v) is 12.3. The summed E-state index contributed by atoms with van der Waals surface area (Å²) in [5, 5.41) is 0.396. The fourth-order valence-corrected chi connectivity index (χ4v) is 1.96. The van der Waals surface area contributed by atoms with Gasteiger partial charge in [0.25, 0.3) is 0 Å². The summed E-state index contributed by atoms with van der Waals surface area (Å²) in [6, 6.07) is 4.75. The summed E-state index contributed by atoms with van der Waals surface area (Å²) >= 11 is 3.22. The first kappa shape index (κ1) is 14.9. The molecule has 0 aliphatic heterocycles. The summed E-state index contributed by atoms with van der Waals surface area (Å²) in [5.74, 6) is -0.731. The molecule has 1 rings (SSSR count). The molecule has 0 atom stereocenters. The lowest BCUT2D eigenvalue weighted by Gasteiger charge is -2.17. The van der Waals surface area contributed by atoms with Crippen molar-refractivity contribution in [3.63, 3.8) is 0 Å². The molecule has 0 heterocycles. The van der Waals surface area contributed by atoms with Crippen molar-refractivity contribution in [3.05, 3.63) is 41.2 Å². The summed E-state index contributed by atoms with van der Waals surface area (Å²) in [4.78, 5) is 11.5. The number of esters is 1. The van der Waals surface area contributed by atoms with Crippen LogP contribution in [0.25, 0.3) is 6.08 Å². The number of halogens is 2. The highest BCUT2D eigenvalue weighted by Gasteiger charge is 2.14. The molecule has 0 aromatic heterocycles. The summed E-state index contributed by atoms with van der Waals surface area (Å²) in [7, 11) is 0. The zero-order chi connectivity index (χ0) is 13.8. The van der Waals surface area contributed by atoms with Gasteiger partial charge >= 0.3 is 5.97 Å². The van der Waals surface area contributed by atoms with Gasteiger partial charge in [-0.2, -0.15) is 0 Å². The minimum Gasteiger partial charge on any atom is -0.457 e. The standard InChI is InChI=1S/C14H16BrFO2/c1-14(2,3)18-13(17)8-7-10-5-4-6-12(16)11(10)9-15/h4-8H,9H2,1-3H3.